The van der Waals surface area contributed by atoms with E-state index in [4.69, 9.17) is 5.73 Å². The average Bonchev–Trinajstić information content (AvgIpc) is 2.86. The van der Waals surface area contributed by atoms with Gasteiger partial charge in [0.15, 0.2) is 5.82 Å². The largest absolute Gasteiger partial charge is 0.353 e. The van der Waals surface area contributed by atoms with Gasteiger partial charge in [0.05, 0.1) is 5.52 Å². The Morgan fingerprint density at radius 1 is 1.44 bits per heavy atom. The van der Waals surface area contributed by atoms with Crippen LogP contribution in [0.4, 0.5) is 5.82 Å². The smallest absolute Gasteiger partial charge is 0.153 e. The molecule has 0 spiro atoms. The molecule has 1 saturated heterocycles. The van der Waals surface area contributed by atoms with E-state index >= 15 is 0 Å². The summed E-state index contributed by atoms with van der Waals surface area (Å²) in [6, 6.07) is 4.46. The van der Waals surface area contributed by atoms with E-state index in [1.54, 1.807) is 0 Å². The van der Waals surface area contributed by atoms with Gasteiger partial charge in [-0.05, 0) is 18.6 Å². The van der Waals surface area contributed by atoms with E-state index in [9.17, 15) is 0 Å². The molecule has 1 unspecified atom stereocenters. The second kappa shape index (κ2) is 3.49. The Labute approximate surface area is 94.7 Å². The van der Waals surface area contributed by atoms with E-state index in [2.05, 4.69) is 39.8 Å². The number of rotatable bonds is 1. The molecule has 4 heteroatoms. The van der Waals surface area contributed by atoms with Crippen molar-refractivity contribution in [3.63, 3.8) is 0 Å². The van der Waals surface area contributed by atoms with Crippen molar-refractivity contribution in [2.24, 2.45) is 12.8 Å². The number of aromatic nitrogens is 2. The lowest BCUT2D eigenvalue weighted by molar-refractivity contribution is 0.751. The van der Waals surface area contributed by atoms with E-state index in [0.29, 0.717) is 0 Å². The number of fused-ring (bicyclic) bond motifs is 1. The van der Waals surface area contributed by atoms with Crippen molar-refractivity contribution < 1.29 is 0 Å². The molecule has 1 atom stereocenters. The topological polar surface area (TPSA) is 47.1 Å². The normalized spacial score (nSPS) is 20.9. The molecular weight excluding hydrogens is 200 g/mol. The summed E-state index contributed by atoms with van der Waals surface area (Å²) in [6.07, 6.45) is 5.01. The molecule has 0 aromatic carbocycles. The Hall–Kier alpha value is -1.55. The lowest BCUT2D eigenvalue weighted by atomic mass is 10.3. The first-order valence-electron chi connectivity index (χ1n) is 5.66. The van der Waals surface area contributed by atoms with Crippen LogP contribution in [0.25, 0.3) is 10.9 Å². The third-order valence-corrected chi connectivity index (χ3v) is 3.29. The predicted molar refractivity (Wildman–Crippen MR) is 65.5 cm³/mol. The lowest BCUT2D eigenvalue weighted by Crippen LogP contribution is -2.27. The second-order valence-corrected chi connectivity index (χ2v) is 4.49. The molecular formula is C12H16N4. The molecule has 4 nitrogen and oxygen atoms in total. The molecule has 2 N–H and O–H groups in total. The summed E-state index contributed by atoms with van der Waals surface area (Å²) in [7, 11) is 2.06. The highest BCUT2D eigenvalue weighted by Gasteiger charge is 2.22. The number of pyridine rings is 1. The minimum absolute atomic E-state index is 0.289. The van der Waals surface area contributed by atoms with Crippen molar-refractivity contribution in [2.75, 3.05) is 18.0 Å². The fourth-order valence-electron chi connectivity index (χ4n) is 2.43. The van der Waals surface area contributed by atoms with Crippen LogP contribution in [-0.2, 0) is 7.05 Å². The highest BCUT2D eigenvalue weighted by atomic mass is 15.2. The summed E-state index contributed by atoms with van der Waals surface area (Å²) in [6.45, 7) is 1.93. The third kappa shape index (κ3) is 1.38. The zero-order chi connectivity index (χ0) is 11.1. The summed E-state index contributed by atoms with van der Waals surface area (Å²) >= 11 is 0. The number of nitrogens with zero attached hydrogens (tertiary/aromatic N) is 3. The van der Waals surface area contributed by atoms with Crippen LogP contribution in [0.5, 0.6) is 0 Å². The molecule has 3 rings (SSSR count). The molecule has 84 valence electrons. The van der Waals surface area contributed by atoms with Crippen LogP contribution < -0.4 is 10.6 Å². The van der Waals surface area contributed by atoms with Crippen molar-refractivity contribution in [1.29, 1.82) is 0 Å². The van der Waals surface area contributed by atoms with Crippen molar-refractivity contribution in [3.05, 3.63) is 24.5 Å². The van der Waals surface area contributed by atoms with Gasteiger partial charge < -0.3 is 15.2 Å². The maximum Gasteiger partial charge on any atom is 0.153 e. The Kier molecular flexibility index (Phi) is 2.11. The van der Waals surface area contributed by atoms with Gasteiger partial charge in [0.1, 0.15) is 0 Å². The minimum Gasteiger partial charge on any atom is -0.353 e. The first-order chi connectivity index (χ1) is 7.75. The second-order valence-electron chi connectivity index (χ2n) is 4.49. The first-order valence-corrected chi connectivity index (χ1v) is 5.66. The Morgan fingerprint density at radius 2 is 2.31 bits per heavy atom. The molecule has 1 fully saturated rings. The number of hydrogen-bond acceptors (Lipinski definition) is 3. The molecule has 0 amide bonds. The van der Waals surface area contributed by atoms with Gasteiger partial charge in [-0.1, -0.05) is 0 Å². The van der Waals surface area contributed by atoms with Crippen molar-refractivity contribution in [3.8, 4) is 0 Å². The van der Waals surface area contributed by atoms with Crippen LogP contribution in [0.15, 0.2) is 24.5 Å². The highest BCUT2D eigenvalue weighted by molar-refractivity contribution is 5.89. The van der Waals surface area contributed by atoms with E-state index in [-0.39, 0.29) is 6.04 Å². The average molecular weight is 216 g/mol. The Bertz CT molecular complexity index is 517. The molecule has 0 radical (unpaired) electrons. The van der Waals surface area contributed by atoms with Crippen molar-refractivity contribution in [1.82, 2.24) is 9.55 Å². The van der Waals surface area contributed by atoms with Gasteiger partial charge >= 0.3 is 0 Å². The fraction of sp³-hybridized carbons (Fsp3) is 0.417. The van der Waals surface area contributed by atoms with E-state index in [0.717, 1.165) is 25.3 Å². The van der Waals surface area contributed by atoms with Gasteiger partial charge in [-0.2, -0.15) is 0 Å². The number of nitrogens with two attached hydrogens (primary N) is 1. The van der Waals surface area contributed by atoms with Gasteiger partial charge in [-0.3, -0.25) is 0 Å². The summed E-state index contributed by atoms with van der Waals surface area (Å²) in [5.74, 6) is 1.07. The Balaban J connectivity index is 2.12. The van der Waals surface area contributed by atoms with Gasteiger partial charge in [-0.25, -0.2) is 4.98 Å². The van der Waals surface area contributed by atoms with Crippen LogP contribution >= 0.6 is 0 Å². The van der Waals surface area contributed by atoms with Gasteiger partial charge in [0.2, 0.25) is 0 Å². The quantitative estimate of drug-likeness (QED) is 0.776. The zero-order valence-electron chi connectivity index (χ0n) is 9.43. The van der Waals surface area contributed by atoms with Crippen LogP contribution in [0.2, 0.25) is 0 Å². The van der Waals surface area contributed by atoms with Gasteiger partial charge in [-0.15, -0.1) is 0 Å². The summed E-state index contributed by atoms with van der Waals surface area (Å²) in [5, 5.41) is 1.24. The maximum atomic E-state index is 5.94. The third-order valence-electron chi connectivity index (χ3n) is 3.29. The zero-order valence-corrected chi connectivity index (χ0v) is 9.43. The summed E-state index contributed by atoms with van der Waals surface area (Å²) in [4.78, 5) is 6.79. The monoisotopic (exact) mass is 216 g/mol. The molecule has 2 aromatic rings. The SMILES string of the molecule is Cn1ccc2ccnc(N3CCC(N)C3)c21. The fourth-order valence-corrected chi connectivity index (χ4v) is 2.43. The molecule has 1 aliphatic rings. The molecule has 0 aliphatic carbocycles. The number of aryl methyl sites for hydroxylation is 1. The van der Waals surface area contributed by atoms with Crippen LogP contribution in [0.1, 0.15) is 6.42 Å². The van der Waals surface area contributed by atoms with E-state index < -0.39 is 0 Å². The summed E-state index contributed by atoms with van der Waals surface area (Å²) < 4.78 is 2.13. The van der Waals surface area contributed by atoms with Crippen molar-refractivity contribution in [2.45, 2.75) is 12.5 Å². The van der Waals surface area contributed by atoms with Crippen LogP contribution in [0.3, 0.4) is 0 Å². The predicted octanol–water partition coefficient (Wildman–Crippen LogP) is 1.11. The molecule has 0 saturated carbocycles. The lowest BCUT2D eigenvalue weighted by Gasteiger charge is -2.18. The van der Waals surface area contributed by atoms with Crippen LogP contribution in [0, 0.1) is 0 Å². The van der Waals surface area contributed by atoms with Crippen molar-refractivity contribution >= 4 is 16.7 Å². The molecule has 3 heterocycles. The first kappa shape index (κ1) is 9.66. The number of anilines is 1. The van der Waals surface area contributed by atoms with Gasteiger partial charge in [0, 0.05) is 44.0 Å². The highest BCUT2D eigenvalue weighted by Crippen LogP contribution is 2.26. The molecule has 16 heavy (non-hydrogen) atoms. The number of hydrogen-bond donors (Lipinski definition) is 1. The van der Waals surface area contributed by atoms with E-state index in [1.807, 2.05) is 6.20 Å². The molecule has 2 aromatic heterocycles. The molecule has 1 aliphatic heterocycles. The minimum atomic E-state index is 0.289. The summed E-state index contributed by atoms with van der Waals surface area (Å²) in [5.41, 5.74) is 7.15. The van der Waals surface area contributed by atoms with Crippen LogP contribution in [-0.4, -0.2) is 28.7 Å². The van der Waals surface area contributed by atoms with Gasteiger partial charge in [0.25, 0.3) is 0 Å². The Morgan fingerprint density at radius 3 is 3.06 bits per heavy atom. The van der Waals surface area contributed by atoms with E-state index in [1.165, 1.54) is 10.9 Å². The molecule has 0 bridgehead atoms. The standard InChI is InChI=1S/C12H16N4/c1-15-6-3-9-2-5-14-12(11(9)15)16-7-4-10(13)8-16/h2-3,5-6,10H,4,7-8,13H2,1H3. The maximum absolute atomic E-state index is 5.94.